The smallest absolute Gasteiger partial charge is 0.192 e. The summed E-state index contributed by atoms with van der Waals surface area (Å²) >= 11 is 0. The predicted molar refractivity (Wildman–Crippen MR) is 107 cm³/mol. The van der Waals surface area contributed by atoms with Crippen molar-refractivity contribution >= 4 is 19.7 Å². The number of allylic oxidation sites excluding steroid dienone is 1. The van der Waals surface area contributed by atoms with E-state index in [-0.39, 0.29) is 16.6 Å². The van der Waals surface area contributed by atoms with Crippen molar-refractivity contribution in [2.45, 2.75) is 71.7 Å². The van der Waals surface area contributed by atoms with Crippen molar-refractivity contribution in [1.82, 2.24) is 0 Å². The van der Waals surface area contributed by atoms with Crippen LogP contribution in [0, 0.1) is 11.3 Å². The fourth-order valence-electron chi connectivity index (χ4n) is 4.12. The van der Waals surface area contributed by atoms with Crippen molar-refractivity contribution in [2.24, 2.45) is 11.3 Å². The second-order valence-corrected chi connectivity index (χ2v) is 14.7. The summed E-state index contributed by atoms with van der Waals surface area (Å²) in [7, 11) is -1.92. The van der Waals surface area contributed by atoms with Crippen LogP contribution in [0.4, 0.5) is 0 Å². The average Bonchev–Trinajstić information content (AvgIpc) is 2.90. The monoisotopic (exact) mass is 356 g/mol. The molecule has 0 amide bonds. The van der Waals surface area contributed by atoms with Gasteiger partial charge in [-0.3, -0.25) is 4.79 Å². The standard InChI is InChI=1S/C22H32O2Si/c1-21(2,3)25(6,7)24-20-19-16(14-22(20,4)5)13-17(23)18(19)15-11-9-8-10-12-15/h8-12,16,20H,13-14H2,1-7H3/t16-,20+/m1/s1. The molecule has 2 aliphatic carbocycles. The Bertz CT molecular complexity index is 707. The van der Waals surface area contributed by atoms with Crippen molar-refractivity contribution < 1.29 is 9.22 Å². The summed E-state index contributed by atoms with van der Waals surface area (Å²) in [4.78, 5) is 12.8. The lowest BCUT2D eigenvalue weighted by Gasteiger charge is -2.42. The predicted octanol–water partition coefficient (Wildman–Crippen LogP) is 5.85. The van der Waals surface area contributed by atoms with E-state index in [4.69, 9.17) is 4.43 Å². The summed E-state index contributed by atoms with van der Waals surface area (Å²) in [6.45, 7) is 16.1. The quantitative estimate of drug-likeness (QED) is 0.635. The molecule has 3 heteroatoms. The van der Waals surface area contributed by atoms with Crippen molar-refractivity contribution in [3.63, 3.8) is 0 Å². The first-order chi connectivity index (χ1) is 11.4. The van der Waals surface area contributed by atoms with Gasteiger partial charge in [-0.05, 0) is 47.0 Å². The van der Waals surface area contributed by atoms with Crippen LogP contribution in [-0.4, -0.2) is 20.2 Å². The topological polar surface area (TPSA) is 26.3 Å². The highest BCUT2D eigenvalue weighted by Gasteiger charge is 2.53. The van der Waals surface area contributed by atoms with E-state index in [0.29, 0.717) is 18.1 Å². The van der Waals surface area contributed by atoms with Gasteiger partial charge in [0.2, 0.25) is 0 Å². The van der Waals surface area contributed by atoms with Crippen LogP contribution in [0.5, 0.6) is 0 Å². The van der Waals surface area contributed by atoms with Gasteiger partial charge in [0.15, 0.2) is 14.1 Å². The normalized spacial score (nSPS) is 26.3. The average molecular weight is 357 g/mol. The molecule has 0 bridgehead atoms. The Balaban J connectivity index is 2.09. The van der Waals surface area contributed by atoms with E-state index in [1.165, 1.54) is 5.57 Å². The number of hydrogen-bond donors (Lipinski definition) is 0. The summed E-state index contributed by atoms with van der Waals surface area (Å²) in [5.74, 6) is 0.651. The Hall–Kier alpha value is -1.19. The molecule has 0 saturated heterocycles. The van der Waals surface area contributed by atoms with Crippen molar-refractivity contribution in [3.05, 3.63) is 41.5 Å². The van der Waals surface area contributed by atoms with Crippen LogP contribution in [0.1, 0.15) is 53.0 Å². The molecule has 2 nitrogen and oxygen atoms in total. The summed E-state index contributed by atoms with van der Waals surface area (Å²) in [6.07, 6.45) is 1.75. The first-order valence-electron chi connectivity index (χ1n) is 9.44. The van der Waals surface area contributed by atoms with E-state index in [1.54, 1.807) is 0 Å². The molecule has 3 rings (SSSR count). The van der Waals surface area contributed by atoms with E-state index in [2.05, 4.69) is 59.8 Å². The molecule has 2 atom stereocenters. The van der Waals surface area contributed by atoms with E-state index in [1.807, 2.05) is 18.2 Å². The van der Waals surface area contributed by atoms with Gasteiger partial charge in [-0.15, -0.1) is 0 Å². The molecule has 136 valence electrons. The molecule has 1 saturated carbocycles. The van der Waals surface area contributed by atoms with Gasteiger partial charge in [0.25, 0.3) is 0 Å². The largest absolute Gasteiger partial charge is 0.410 e. The van der Waals surface area contributed by atoms with Gasteiger partial charge in [-0.1, -0.05) is 65.0 Å². The number of benzene rings is 1. The van der Waals surface area contributed by atoms with Crippen molar-refractivity contribution in [3.8, 4) is 0 Å². The minimum absolute atomic E-state index is 0.0556. The van der Waals surface area contributed by atoms with Gasteiger partial charge in [-0.25, -0.2) is 0 Å². The molecule has 1 fully saturated rings. The molecule has 0 spiro atoms. The molecular weight excluding hydrogens is 324 g/mol. The highest BCUT2D eigenvalue weighted by atomic mass is 28.4. The molecular formula is C22H32O2Si. The SMILES string of the molecule is CC1(C)C[C@H]2CC(=O)C(c3ccccc3)=C2[C@@H]1O[Si](C)(C)C(C)(C)C. The Labute approximate surface area is 153 Å². The fraction of sp³-hybridized carbons (Fsp3) is 0.591. The van der Waals surface area contributed by atoms with Crippen LogP contribution >= 0.6 is 0 Å². The van der Waals surface area contributed by atoms with Gasteiger partial charge in [0, 0.05) is 12.0 Å². The zero-order valence-electron chi connectivity index (χ0n) is 16.8. The fourth-order valence-corrected chi connectivity index (χ4v) is 5.51. The Kier molecular flexibility index (Phi) is 4.40. The summed E-state index contributed by atoms with van der Waals surface area (Å²) in [6, 6.07) is 10.2. The molecule has 0 unspecified atom stereocenters. The molecule has 0 radical (unpaired) electrons. The highest BCUT2D eigenvalue weighted by Crippen LogP contribution is 2.56. The minimum atomic E-state index is -1.92. The Morgan fingerprint density at radius 1 is 1.12 bits per heavy atom. The van der Waals surface area contributed by atoms with Gasteiger partial charge in [0.1, 0.15) is 0 Å². The third-order valence-corrected chi connectivity index (χ3v) is 10.9. The molecule has 0 aromatic heterocycles. The van der Waals surface area contributed by atoms with Gasteiger partial charge < -0.3 is 4.43 Å². The molecule has 0 N–H and O–H groups in total. The number of Topliss-reactive ketones (excluding diaryl/α,β-unsaturated/α-hetero) is 1. The number of fused-ring (bicyclic) bond motifs is 1. The summed E-state index contributed by atoms with van der Waals surface area (Å²) in [5, 5.41) is 0.164. The third kappa shape index (κ3) is 3.17. The number of hydrogen-bond acceptors (Lipinski definition) is 2. The molecule has 2 aliphatic rings. The van der Waals surface area contributed by atoms with Crippen molar-refractivity contribution in [2.75, 3.05) is 0 Å². The number of rotatable bonds is 3. The third-order valence-electron chi connectivity index (χ3n) is 6.49. The summed E-state index contributed by atoms with van der Waals surface area (Å²) in [5.41, 5.74) is 3.37. The Morgan fingerprint density at radius 3 is 2.28 bits per heavy atom. The zero-order valence-corrected chi connectivity index (χ0v) is 17.8. The van der Waals surface area contributed by atoms with Crippen LogP contribution in [0.15, 0.2) is 35.9 Å². The maximum Gasteiger partial charge on any atom is 0.192 e. The molecule has 1 aromatic carbocycles. The van der Waals surface area contributed by atoms with Gasteiger partial charge >= 0.3 is 0 Å². The van der Waals surface area contributed by atoms with E-state index in [9.17, 15) is 4.79 Å². The van der Waals surface area contributed by atoms with E-state index in [0.717, 1.165) is 17.6 Å². The number of carbonyl (C=O) groups is 1. The number of carbonyl (C=O) groups excluding carboxylic acids is 1. The minimum Gasteiger partial charge on any atom is -0.410 e. The number of ketones is 1. The zero-order chi connectivity index (χ0) is 18.6. The van der Waals surface area contributed by atoms with Gasteiger partial charge in [0.05, 0.1) is 6.10 Å². The van der Waals surface area contributed by atoms with Crippen LogP contribution in [0.2, 0.25) is 18.1 Å². The second-order valence-electron chi connectivity index (χ2n) is 9.97. The highest BCUT2D eigenvalue weighted by molar-refractivity contribution is 6.74. The van der Waals surface area contributed by atoms with E-state index >= 15 is 0 Å². The molecule has 0 heterocycles. The molecule has 1 aromatic rings. The van der Waals surface area contributed by atoms with Crippen LogP contribution in [0.25, 0.3) is 5.57 Å². The first kappa shape index (κ1) is 18.6. The lowest BCUT2D eigenvalue weighted by atomic mass is 9.86. The summed E-state index contributed by atoms with van der Waals surface area (Å²) < 4.78 is 6.92. The first-order valence-corrected chi connectivity index (χ1v) is 12.4. The van der Waals surface area contributed by atoms with Crippen molar-refractivity contribution in [1.29, 1.82) is 0 Å². The Morgan fingerprint density at radius 2 is 1.72 bits per heavy atom. The van der Waals surface area contributed by atoms with E-state index < -0.39 is 8.32 Å². The maximum absolute atomic E-state index is 12.8. The lowest BCUT2D eigenvalue weighted by Crippen LogP contribution is -2.47. The second kappa shape index (κ2) is 5.92. The van der Waals surface area contributed by atoms with Crippen LogP contribution < -0.4 is 0 Å². The maximum atomic E-state index is 12.8. The van der Waals surface area contributed by atoms with Crippen LogP contribution in [-0.2, 0) is 9.22 Å². The van der Waals surface area contributed by atoms with Crippen LogP contribution in [0.3, 0.4) is 0 Å². The molecule has 0 aliphatic heterocycles. The lowest BCUT2D eigenvalue weighted by molar-refractivity contribution is -0.113. The molecule has 25 heavy (non-hydrogen) atoms. The van der Waals surface area contributed by atoms with Gasteiger partial charge in [-0.2, -0.15) is 0 Å².